The summed E-state index contributed by atoms with van der Waals surface area (Å²) in [4.78, 5) is 13.1. The van der Waals surface area contributed by atoms with Crippen molar-refractivity contribution in [2.24, 2.45) is 0 Å². The van der Waals surface area contributed by atoms with Gasteiger partial charge in [-0.15, -0.1) is 0 Å². The van der Waals surface area contributed by atoms with Crippen molar-refractivity contribution in [3.8, 4) is 0 Å². The Morgan fingerprint density at radius 3 is 3.00 bits per heavy atom. The van der Waals surface area contributed by atoms with Crippen LogP contribution in [-0.2, 0) is 11.2 Å². The number of hydrogen-bond acceptors (Lipinski definition) is 2. The molecule has 3 heteroatoms. The van der Waals surface area contributed by atoms with Crippen molar-refractivity contribution in [2.45, 2.75) is 32.7 Å². The number of benzene rings is 1. The number of likely N-dealkylation sites (tertiary alicyclic amines) is 1. The van der Waals surface area contributed by atoms with Crippen molar-refractivity contribution >= 4 is 11.6 Å². The molecule has 1 aromatic carbocycles. The number of carbonyl (C=O) groups is 1. The zero-order valence-corrected chi connectivity index (χ0v) is 10.6. The summed E-state index contributed by atoms with van der Waals surface area (Å²) >= 11 is 0. The fourth-order valence-corrected chi connectivity index (χ4v) is 2.28. The molecule has 0 spiro atoms. The molecule has 3 nitrogen and oxygen atoms in total. The van der Waals surface area contributed by atoms with E-state index in [0.29, 0.717) is 6.04 Å². The molecule has 2 rings (SSSR count). The van der Waals surface area contributed by atoms with Gasteiger partial charge in [0.2, 0.25) is 5.91 Å². The van der Waals surface area contributed by atoms with E-state index in [-0.39, 0.29) is 5.91 Å². The zero-order valence-electron chi connectivity index (χ0n) is 10.6. The summed E-state index contributed by atoms with van der Waals surface area (Å²) in [6, 6.07) is 8.90. The molecule has 1 N–H and O–H groups in total. The minimum atomic E-state index is 0.177. The molecule has 92 valence electrons. The lowest BCUT2D eigenvalue weighted by Crippen LogP contribution is -2.29. The van der Waals surface area contributed by atoms with Crippen LogP contribution in [0, 0.1) is 0 Å². The van der Waals surface area contributed by atoms with Crippen molar-refractivity contribution in [2.75, 3.05) is 18.4 Å². The van der Waals surface area contributed by atoms with Gasteiger partial charge in [0, 0.05) is 31.7 Å². The number of nitrogens with zero attached hydrogens (tertiary/aromatic N) is 1. The number of aryl methyl sites for hydroxylation is 1. The molecule has 1 fully saturated rings. The first-order valence-electron chi connectivity index (χ1n) is 6.30. The van der Waals surface area contributed by atoms with E-state index in [1.54, 1.807) is 6.92 Å². The molecular formula is C14H20N2O. The molecule has 0 unspecified atom stereocenters. The molecule has 1 amide bonds. The summed E-state index contributed by atoms with van der Waals surface area (Å²) in [5.74, 6) is 0.177. The van der Waals surface area contributed by atoms with Crippen LogP contribution < -0.4 is 5.32 Å². The van der Waals surface area contributed by atoms with E-state index in [0.717, 1.165) is 25.9 Å². The first-order chi connectivity index (χ1) is 8.19. The Balaban J connectivity index is 1.95. The number of hydrogen-bond donors (Lipinski definition) is 1. The molecule has 1 heterocycles. The minimum absolute atomic E-state index is 0.177. The summed E-state index contributed by atoms with van der Waals surface area (Å²) in [5, 5.41) is 3.51. The number of nitrogens with one attached hydrogen (secondary N) is 1. The van der Waals surface area contributed by atoms with Crippen LogP contribution in [0.15, 0.2) is 24.3 Å². The van der Waals surface area contributed by atoms with Gasteiger partial charge in [0.15, 0.2) is 0 Å². The van der Waals surface area contributed by atoms with Crippen molar-refractivity contribution in [3.05, 3.63) is 29.8 Å². The molecule has 0 aliphatic carbocycles. The first kappa shape index (κ1) is 12.0. The number of carbonyl (C=O) groups excluding carboxylic acids is 1. The van der Waals surface area contributed by atoms with Gasteiger partial charge in [0.25, 0.3) is 0 Å². The molecule has 0 saturated carbocycles. The molecule has 0 bridgehead atoms. The highest BCUT2D eigenvalue weighted by Crippen LogP contribution is 2.17. The van der Waals surface area contributed by atoms with Crippen molar-refractivity contribution in [3.63, 3.8) is 0 Å². The topological polar surface area (TPSA) is 32.3 Å². The van der Waals surface area contributed by atoms with E-state index in [1.165, 1.54) is 11.3 Å². The van der Waals surface area contributed by atoms with E-state index in [2.05, 4.69) is 36.5 Å². The molecule has 1 aliphatic rings. The van der Waals surface area contributed by atoms with Crippen LogP contribution in [0.2, 0.25) is 0 Å². The average molecular weight is 232 g/mol. The molecule has 1 aromatic rings. The monoisotopic (exact) mass is 232 g/mol. The number of rotatable bonds is 3. The van der Waals surface area contributed by atoms with Crippen LogP contribution in [0.4, 0.5) is 5.69 Å². The van der Waals surface area contributed by atoms with Crippen molar-refractivity contribution < 1.29 is 4.79 Å². The predicted octanol–water partition coefficient (Wildman–Crippen LogP) is 2.28. The number of amides is 1. The van der Waals surface area contributed by atoms with E-state index in [4.69, 9.17) is 0 Å². The normalized spacial score (nSPS) is 19.4. The van der Waals surface area contributed by atoms with Gasteiger partial charge in [-0.05, 0) is 30.5 Å². The van der Waals surface area contributed by atoms with Gasteiger partial charge in [-0.3, -0.25) is 4.79 Å². The van der Waals surface area contributed by atoms with E-state index < -0.39 is 0 Å². The molecule has 1 saturated heterocycles. The average Bonchev–Trinajstić information content (AvgIpc) is 2.78. The maximum absolute atomic E-state index is 11.2. The van der Waals surface area contributed by atoms with Gasteiger partial charge in [-0.1, -0.05) is 19.1 Å². The van der Waals surface area contributed by atoms with Crippen LogP contribution in [0.25, 0.3) is 0 Å². The maximum Gasteiger partial charge on any atom is 0.219 e. The quantitative estimate of drug-likeness (QED) is 0.867. The van der Waals surface area contributed by atoms with Crippen LogP contribution >= 0.6 is 0 Å². The molecule has 1 aliphatic heterocycles. The lowest BCUT2D eigenvalue weighted by atomic mass is 10.1. The Morgan fingerprint density at radius 1 is 1.53 bits per heavy atom. The summed E-state index contributed by atoms with van der Waals surface area (Å²) < 4.78 is 0. The van der Waals surface area contributed by atoms with Crippen LogP contribution in [0.5, 0.6) is 0 Å². The highest BCUT2D eigenvalue weighted by atomic mass is 16.2. The van der Waals surface area contributed by atoms with Crippen LogP contribution in [0.3, 0.4) is 0 Å². The van der Waals surface area contributed by atoms with E-state index >= 15 is 0 Å². The first-order valence-corrected chi connectivity index (χ1v) is 6.30. The Hall–Kier alpha value is -1.51. The highest BCUT2D eigenvalue weighted by molar-refractivity contribution is 5.73. The van der Waals surface area contributed by atoms with Gasteiger partial charge in [0.05, 0.1) is 0 Å². The van der Waals surface area contributed by atoms with Crippen molar-refractivity contribution in [1.29, 1.82) is 0 Å². The van der Waals surface area contributed by atoms with Gasteiger partial charge in [-0.2, -0.15) is 0 Å². The Morgan fingerprint density at radius 2 is 2.35 bits per heavy atom. The lowest BCUT2D eigenvalue weighted by Gasteiger charge is -2.16. The third kappa shape index (κ3) is 2.99. The zero-order chi connectivity index (χ0) is 12.3. The lowest BCUT2D eigenvalue weighted by molar-refractivity contribution is -0.127. The second kappa shape index (κ2) is 5.21. The Kier molecular flexibility index (Phi) is 3.67. The molecule has 0 aromatic heterocycles. The van der Waals surface area contributed by atoms with Gasteiger partial charge >= 0.3 is 0 Å². The summed E-state index contributed by atoms with van der Waals surface area (Å²) in [7, 11) is 0. The van der Waals surface area contributed by atoms with E-state index in [1.807, 2.05) is 4.90 Å². The second-order valence-electron chi connectivity index (χ2n) is 4.65. The Labute approximate surface area is 103 Å². The SMILES string of the molecule is CCc1cccc(N[C@H]2CCN(C(C)=O)C2)c1. The largest absolute Gasteiger partial charge is 0.380 e. The maximum atomic E-state index is 11.2. The smallest absolute Gasteiger partial charge is 0.219 e. The third-order valence-corrected chi connectivity index (χ3v) is 3.34. The van der Waals surface area contributed by atoms with Gasteiger partial charge in [0.1, 0.15) is 0 Å². The fourth-order valence-electron chi connectivity index (χ4n) is 2.28. The van der Waals surface area contributed by atoms with Gasteiger partial charge in [-0.25, -0.2) is 0 Å². The predicted molar refractivity (Wildman–Crippen MR) is 70.1 cm³/mol. The summed E-state index contributed by atoms with van der Waals surface area (Å²) in [6.07, 6.45) is 2.09. The standard InChI is InChI=1S/C14H20N2O/c1-3-12-5-4-6-13(9-12)15-14-7-8-16(10-14)11(2)17/h4-6,9,14-15H,3,7-8,10H2,1-2H3/t14-/m0/s1. The second-order valence-corrected chi connectivity index (χ2v) is 4.65. The molecular weight excluding hydrogens is 212 g/mol. The molecule has 1 atom stereocenters. The minimum Gasteiger partial charge on any atom is -0.380 e. The van der Waals surface area contributed by atoms with Gasteiger partial charge < -0.3 is 10.2 Å². The molecule has 17 heavy (non-hydrogen) atoms. The highest BCUT2D eigenvalue weighted by Gasteiger charge is 2.23. The van der Waals surface area contributed by atoms with Crippen molar-refractivity contribution in [1.82, 2.24) is 4.90 Å². The molecule has 0 radical (unpaired) electrons. The Bertz CT molecular complexity index is 403. The third-order valence-electron chi connectivity index (χ3n) is 3.34. The summed E-state index contributed by atoms with van der Waals surface area (Å²) in [5.41, 5.74) is 2.51. The van der Waals surface area contributed by atoms with Crippen LogP contribution in [-0.4, -0.2) is 29.9 Å². The summed E-state index contributed by atoms with van der Waals surface area (Å²) in [6.45, 7) is 5.50. The number of anilines is 1. The van der Waals surface area contributed by atoms with E-state index in [9.17, 15) is 4.79 Å². The fraction of sp³-hybridized carbons (Fsp3) is 0.500. The van der Waals surface area contributed by atoms with Crippen LogP contribution in [0.1, 0.15) is 25.8 Å².